The SMILES string of the molecule is CCCCCCCCCCCCCCCC(=O)OC[C@@H](COP(=O)(O)O[C@H]1[C@H](O)[C@@H](OP(=O)(O)O)[C@H](OP(=O)(O)O)[C@@H](OCP(=O)(O)O)[C@H]1O)OC(=O)CCCCCCCCCCCCCCC. The molecule has 1 fully saturated rings. The predicted octanol–water partition coefficient (Wildman–Crippen LogP) is 8.12. The Morgan fingerprint density at radius 2 is 0.824 bits per heavy atom. The highest BCUT2D eigenvalue weighted by atomic mass is 31.2. The van der Waals surface area contributed by atoms with E-state index in [0.717, 1.165) is 57.8 Å². The second kappa shape index (κ2) is 36.3. The van der Waals surface area contributed by atoms with Crippen LogP contribution in [0.5, 0.6) is 0 Å². The van der Waals surface area contributed by atoms with E-state index in [9.17, 15) is 72.3 Å². The number of carbonyl (C=O) groups is 2. The monoisotopic (exact) mass is 1060 g/mol. The van der Waals surface area contributed by atoms with E-state index in [-0.39, 0.29) is 12.8 Å². The van der Waals surface area contributed by atoms with Crippen molar-refractivity contribution >= 4 is 43.0 Å². The first-order valence-corrected chi connectivity index (χ1v) is 30.8. The first-order valence-electron chi connectivity index (χ1n) is 24.5. The lowest BCUT2D eigenvalue weighted by atomic mass is 9.85. The maximum atomic E-state index is 13.3. The number of rotatable bonds is 43. The number of hydrogen-bond donors (Lipinski definition) is 9. The quantitative estimate of drug-likeness (QED) is 0.0158. The molecule has 0 heterocycles. The zero-order valence-electron chi connectivity index (χ0n) is 40.1. The molecule has 1 rings (SSSR count). The van der Waals surface area contributed by atoms with Crippen LogP contribution in [0, 0.1) is 0 Å². The van der Waals surface area contributed by atoms with Crippen molar-refractivity contribution in [3.05, 3.63) is 0 Å². The Kier molecular flexibility index (Phi) is 34.8. The van der Waals surface area contributed by atoms with Gasteiger partial charge >= 0.3 is 43.0 Å². The molecule has 0 spiro atoms. The molecule has 1 aliphatic rings. The summed E-state index contributed by atoms with van der Waals surface area (Å²) in [5.74, 6) is -1.37. The van der Waals surface area contributed by atoms with Gasteiger partial charge < -0.3 is 58.7 Å². The average Bonchev–Trinajstić information content (AvgIpc) is 3.24. The summed E-state index contributed by atoms with van der Waals surface area (Å²) in [5.41, 5.74) is 0. The van der Waals surface area contributed by atoms with E-state index < -0.39 is 105 Å². The Morgan fingerprint density at radius 3 is 1.22 bits per heavy atom. The van der Waals surface area contributed by atoms with Crippen molar-refractivity contribution in [2.45, 2.75) is 236 Å². The molecular formula is C42H84O22P4. The highest BCUT2D eigenvalue weighted by molar-refractivity contribution is 7.51. The zero-order chi connectivity index (χ0) is 51.1. The van der Waals surface area contributed by atoms with Crippen LogP contribution in [0.3, 0.4) is 0 Å². The van der Waals surface area contributed by atoms with Gasteiger partial charge in [-0.1, -0.05) is 168 Å². The van der Waals surface area contributed by atoms with Gasteiger partial charge in [-0.25, -0.2) is 13.7 Å². The van der Waals surface area contributed by atoms with Crippen LogP contribution in [-0.2, 0) is 60.2 Å². The van der Waals surface area contributed by atoms with E-state index in [4.69, 9.17) is 23.3 Å². The number of hydrogen-bond acceptors (Lipinski definition) is 15. The van der Waals surface area contributed by atoms with E-state index >= 15 is 0 Å². The van der Waals surface area contributed by atoms with E-state index in [2.05, 4.69) is 22.9 Å². The van der Waals surface area contributed by atoms with Crippen LogP contribution in [0.25, 0.3) is 0 Å². The molecule has 404 valence electrons. The Balaban J connectivity index is 2.93. The zero-order valence-corrected chi connectivity index (χ0v) is 43.7. The van der Waals surface area contributed by atoms with Gasteiger partial charge in [-0.05, 0) is 12.8 Å². The highest BCUT2D eigenvalue weighted by Crippen LogP contribution is 2.52. The maximum Gasteiger partial charge on any atom is 0.472 e. The minimum Gasteiger partial charge on any atom is -0.462 e. The molecule has 8 atom stereocenters. The smallest absolute Gasteiger partial charge is 0.462 e. The van der Waals surface area contributed by atoms with Gasteiger partial charge in [0, 0.05) is 12.8 Å². The average molecular weight is 1070 g/mol. The van der Waals surface area contributed by atoms with E-state index in [0.29, 0.717) is 12.8 Å². The number of aliphatic hydroxyl groups is 2. The van der Waals surface area contributed by atoms with Gasteiger partial charge in [0.05, 0.1) is 6.61 Å². The lowest BCUT2D eigenvalue weighted by Crippen LogP contribution is -2.65. The molecular weight excluding hydrogens is 980 g/mol. The summed E-state index contributed by atoms with van der Waals surface area (Å²) in [4.78, 5) is 92.9. The van der Waals surface area contributed by atoms with E-state index in [1.165, 1.54) is 96.3 Å². The van der Waals surface area contributed by atoms with Gasteiger partial charge in [0.2, 0.25) is 0 Å². The van der Waals surface area contributed by atoms with Gasteiger partial charge in [-0.15, -0.1) is 0 Å². The molecule has 0 saturated heterocycles. The van der Waals surface area contributed by atoms with Crippen molar-refractivity contribution in [1.82, 2.24) is 0 Å². The largest absolute Gasteiger partial charge is 0.472 e. The molecule has 9 N–H and O–H groups in total. The summed E-state index contributed by atoms with van der Waals surface area (Å²) in [5, 5.41) is 22.0. The molecule has 0 radical (unpaired) electrons. The summed E-state index contributed by atoms with van der Waals surface area (Å²) in [7, 11) is -22.2. The minimum absolute atomic E-state index is 0.0380. The lowest BCUT2D eigenvalue weighted by Gasteiger charge is -2.46. The molecule has 0 bridgehead atoms. The Hall–Kier alpha value is -0.700. The third-order valence-corrected chi connectivity index (χ3v) is 13.8. The summed E-state index contributed by atoms with van der Waals surface area (Å²) in [6.07, 6.45) is 9.78. The first-order chi connectivity index (χ1) is 32.0. The van der Waals surface area contributed by atoms with Crippen molar-refractivity contribution in [2.24, 2.45) is 0 Å². The molecule has 1 unspecified atom stereocenters. The molecule has 0 aliphatic heterocycles. The minimum atomic E-state index is -5.74. The lowest BCUT2D eigenvalue weighted by molar-refractivity contribution is -0.222. The molecule has 1 aliphatic carbocycles. The third-order valence-electron chi connectivity index (χ3n) is 11.3. The van der Waals surface area contributed by atoms with Gasteiger partial charge in [-0.2, -0.15) is 0 Å². The Morgan fingerprint density at radius 1 is 0.456 bits per heavy atom. The maximum absolute atomic E-state index is 13.3. The van der Waals surface area contributed by atoms with Crippen LogP contribution < -0.4 is 0 Å². The summed E-state index contributed by atoms with van der Waals surface area (Å²) in [6.45, 7) is 2.79. The number of ether oxygens (including phenoxy) is 3. The second-order valence-electron chi connectivity index (χ2n) is 17.6. The van der Waals surface area contributed by atoms with Crippen LogP contribution in [0.2, 0.25) is 0 Å². The Bertz CT molecular complexity index is 1540. The van der Waals surface area contributed by atoms with Crippen LogP contribution >= 0.6 is 31.1 Å². The second-order valence-corrected chi connectivity index (χ2v) is 23.0. The fourth-order valence-corrected chi connectivity index (χ4v) is 10.2. The molecule has 68 heavy (non-hydrogen) atoms. The van der Waals surface area contributed by atoms with Crippen LogP contribution in [-0.4, -0.2) is 119 Å². The molecule has 0 aromatic rings. The highest BCUT2D eigenvalue weighted by Gasteiger charge is 2.58. The fraction of sp³-hybridized carbons (Fsp3) is 0.952. The number of esters is 2. The van der Waals surface area contributed by atoms with E-state index in [1.807, 2.05) is 0 Å². The standard InChI is InChI=1S/C42H84O22P4/c1-3-5-7-9-11-13-15-17-19-21-23-25-27-29-35(43)58-31-34(61-36(44)30-28-26-24-22-20-18-16-14-12-10-8-6-4-2)32-60-68(56,57)64-39-37(45)40(59-33-65(47,48)49)42(63-67(53,54)55)41(38(39)46)62-66(50,51)52/h34,37-42,45-46H,3-33H2,1-2H3,(H,56,57)(H2,47,48,49)(H2,50,51,52)(H2,53,54,55)/t34-,37-,38-,39+,40-,41+,42+/m0/s1. The van der Waals surface area contributed by atoms with Crippen LogP contribution in [0.4, 0.5) is 0 Å². The summed E-state index contributed by atoms with van der Waals surface area (Å²) >= 11 is 0. The van der Waals surface area contributed by atoms with Crippen LogP contribution in [0.15, 0.2) is 0 Å². The third kappa shape index (κ3) is 33.9. The Labute approximate surface area is 402 Å². The van der Waals surface area contributed by atoms with Crippen molar-refractivity contribution in [3.8, 4) is 0 Å². The normalized spacial score (nSPS) is 21.6. The summed E-state index contributed by atoms with van der Waals surface area (Å²) < 4.78 is 83.0. The van der Waals surface area contributed by atoms with Gasteiger partial charge in [-0.3, -0.25) is 32.2 Å². The number of phosphoric acid groups is 3. The summed E-state index contributed by atoms with van der Waals surface area (Å²) in [6, 6.07) is 0. The predicted molar refractivity (Wildman–Crippen MR) is 250 cm³/mol. The number of phosphoric ester groups is 3. The first kappa shape index (κ1) is 65.3. The van der Waals surface area contributed by atoms with Gasteiger partial charge in [0.15, 0.2) is 6.10 Å². The van der Waals surface area contributed by atoms with Gasteiger partial charge in [0.1, 0.15) is 49.6 Å². The topological polar surface area (TPSA) is 349 Å². The van der Waals surface area contributed by atoms with E-state index in [1.54, 1.807) is 0 Å². The molecule has 0 aromatic heterocycles. The fourth-order valence-electron chi connectivity index (χ4n) is 7.77. The molecule has 0 amide bonds. The van der Waals surface area contributed by atoms with Crippen molar-refractivity contribution in [3.63, 3.8) is 0 Å². The number of carbonyl (C=O) groups excluding carboxylic acids is 2. The molecule has 1 saturated carbocycles. The van der Waals surface area contributed by atoms with Crippen molar-refractivity contribution < 1.29 is 105 Å². The van der Waals surface area contributed by atoms with Crippen molar-refractivity contribution in [1.29, 1.82) is 0 Å². The van der Waals surface area contributed by atoms with Gasteiger partial charge in [0.25, 0.3) is 0 Å². The molecule has 26 heteroatoms. The number of aliphatic hydroxyl groups excluding tert-OH is 2. The molecule has 22 nitrogen and oxygen atoms in total. The number of unbranched alkanes of at least 4 members (excludes halogenated alkanes) is 24. The van der Waals surface area contributed by atoms with Crippen LogP contribution in [0.1, 0.15) is 194 Å². The molecule has 0 aromatic carbocycles. The van der Waals surface area contributed by atoms with Crippen molar-refractivity contribution in [2.75, 3.05) is 19.6 Å².